The van der Waals surface area contributed by atoms with Crippen molar-refractivity contribution in [1.29, 1.82) is 0 Å². The van der Waals surface area contributed by atoms with E-state index in [1.54, 1.807) is 11.8 Å². The fourth-order valence-corrected chi connectivity index (χ4v) is 2.93. The molecule has 1 unspecified atom stereocenters. The highest BCUT2D eigenvalue weighted by atomic mass is 32.2. The van der Waals surface area contributed by atoms with E-state index < -0.39 is 0 Å². The monoisotopic (exact) mass is 276 g/mol. The van der Waals surface area contributed by atoms with Crippen molar-refractivity contribution in [3.63, 3.8) is 0 Å². The lowest BCUT2D eigenvalue weighted by Crippen LogP contribution is -2.31. The number of thioether (sulfide) groups is 1. The Hall–Kier alpha value is -1.30. The van der Waals surface area contributed by atoms with E-state index in [9.17, 15) is 0 Å². The second-order valence-corrected chi connectivity index (χ2v) is 5.42. The molecule has 1 heterocycles. The lowest BCUT2D eigenvalue weighted by atomic mass is 10.2. The van der Waals surface area contributed by atoms with Crippen LogP contribution in [0.15, 0.2) is 47.5 Å². The topological polar surface area (TPSA) is 55.9 Å². The van der Waals surface area contributed by atoms with Crippen LogP contribution >= 0.6 is 11.8 Å². The van der Waals surface area contributed by atoms with Crippen LogP contribution in [0.4, 0.5) is 0 Å². The van der Waals surface area contributed by atoms with Crippen LogP contribution in [-0.2, 0) is 6.54 Å². The van der Waals surface area contributed by atoms with E-state index in [0.717, 1.165) is 24.4 Å². The molecule has 2 aromatic rings. The molecule has 0 amide bonds. The largest absolute Gasteiger partial charge is 0.271 e. The average molecular weight is 276 g/mol. The number of aryl methyl sites for hydroxylation is 1. The van der Waals surface area contributed by atoms with E-state index in [4.69, 9.17) is 5.84 Å². The standard InChI is InChI=1S/C14H20N4S/c1-2-10-18-14(8-9-16-18)13(17-15)11-19-12-6-4-3-5-7-12/h3-9,13,17H,2,10-11,15H2,1H3. The van der Waals surface area contributed by atoms with Gasteiger partial charge in [0, 0.05) is 23.4 Å². The Labute approximate surface area is 118 Å². The predicted molar refractivity (Wildman–Crippen MR) is 79.7 cm³/mol. The molecule has 0 aliphatic heterocycles. The minimum atomic E-state index is 0.110. The van der Waals surface area contributed by atoms with Gasteiger partial charge >= 0.3 is 0 Å². The average Bonchev–Trinajstić information content (AvgIpc) is 2.90. The van der Waals surface area contributed by atoms with Crippen LogP contribution < -0.4 is 11.3 Å². The number of nitrogens with two attached hydrogens (primary N) is 1. The quantitative estimate of drug-likeness (QED) is 0.464. The molecule has 5 heteroatoms. The molecule has 0 bridgehead atoms. The van der Waals surface area contributed by atoms with Crippen molar-refractivity contribution in [2.24, 2.45) is 5.84 Å². The molecule has 1 aromatic heterocycles. The third-order valence-corrected chi connectivity index (χ3v) is 4.01. The third-order valence-electron chi connectivity index (χ3n) is 2.90. The fourth-order valence-electron chi connectivity index (χ4n) is 1.95. The molecule has 1 atom stereocenters. The number of hydrogen-bond donors (Lipinski definition) is 2. The van der Waals surface area contributed by atoms with Gasteiger partial charge in [0.15, 0.2) is 0 Å². The first-order valence-electron chi connectivity index (χ1n) is 6.50. The summed E-state index contributed by atoms with van der Waals surface area (Å²) in [5.41, 5.74) is 4.04. The number of nitrogens with zero attached hydrogens (tertiary/aromatic N) is 2. The Morgan fingerprint density at radius 3 is 2.79 bits per heavy atom. The highest BCUT2D eigenvalue weighted by Gasteiger charge is 2.14. The summed E-state index contributed by atoms with van der Waals surface area (Å²) in [7, 11) is 0. The predicted octanol–water partition coefficient (Wildman–Crippen LogP) is 2.59. The highest BCUT2D eigenvalue weighted by Crippen LogP contribution is 2.24. The Kier molecular flexibility index (Phi) is 5.44. The van der Waals surface area contributed by atoms with Crippen molar-refractivity contribution in [2.45, 2.75) is 30.8 Å². The molecule has 1 aromatic carbocycles. The molecular weight excluding hydrogens is 256 g/mol. The van der Waals surface area contributed by atoms with E-state index >= 15 is 0 Å². The zero-order valence-electron chi connectivity index (χ0n) is 11.1. The summed E-state index contributed by atoms with van der Waals surface area (Å²) in [6.45, 7) is 3.07. The Morgan fingerprint density at radius 1 is 1.32 bits per heavy atom. The summed E-state index contributed by atoms with van der Waals surface area (Å²) in [6.07, 6.45) is 2.90. The minimum Gasteiger partial charge on any atom is -0.271 e. The first-order valence-corrected chi connectivity index (χ1v) is 7.49. The highest BCUT2D eigenvalue weighted by molar-refractivity contribution is 7.99. The number of aromatic nitrogens is 2. The summed E-state index contributed by atoms with van der Waals surface area (Å²) in [5, 5.41) is 4.34. The lowest BCUT2D eigenvalue weighted by molar-refractivity contribution is 0.508. The smallest absolute Gasteiger partial charge is 0.0722 e. The molecule has 2 rings (SSSR count). The van der Waals surface area contributed by atoms with E-state index in [-0.39, 0.29) is 6.04 Å². The van der Waals surface area contributed by atoms with Gasteiger partial charge in [-0.2, -0.15) is 5.10 Å². The summed E-state index contributed by atoms with van der Waals surface area (Å²) >= 11 is 1.79. The van der Waals surface area contributed by atoms with Crippen molar-refractivity contribution in [3.8, 4) is 0 Å². The van der Waals surface area contributed by atoms with E-state index in [0.29, 0.717) is 0 Å². The number of benzene rings is 1. The van der Waals surface area contributed by atoms with Crippen molar-refractivity contribution in [3.05, 3.63) is 48.3 Å². The van der Waals surface area contributed by atoms with Gasteiger partial charge in [0.25, 0.3) is 0 Å². The van der Waals surface area contributed by atoms with Crippen LogP contribution in [-0.4, -0.2) is 15.5 Å². The number of rotatable bonds is 7. The molecule has 0 spiro atoms. The molecular formula is C14H20N4S. The van der Waals surface area contributed by atoms with Gasteiger partial charge in [0.1, 0.15) is 0 Å². The van der Waals surface area contributed by atoms with Gasteiger partial charge in [0.05, 0.1) is 11.7 Å². The van der Waals surface area contributed by atoms with Crippen molar-refractivity contribution >= 4 is 11.8 Å². The molecule has 0 saturated carbocycles. The van der Waals surface area contributed by atoms with Crippen LogP contribution in [0.5, 0.6) is 0 Å². The van der Waals surface area contributed by atoms with Gasteiger partial charge in [-0.05, 0) is 24.6 Å². The SMILES string of the molecule is CCCn1nccc1C(CSc1ccccc1)NN. The van der Waals surface area contributed by atoms with Gasteiger partial charge in [0.2, 0.25) is 0 Å². The Balaban J connectivity index is 2.01. The second-order valence-electron chi connectivity index (χ2n) is 4.32. The van der Waals surface area contributed by atoms with Gasteiger partial charge in [-0.3, -0.25) is 16.0 Å². The van der Waals surface area contributed by atoms with E-state index in [1.165, 1.54) is 4.90 Å². The number of hydrogen-bond acceptors (Lipinski definition) is 4. The maximum absolute atomic E-state index is 5.69. The minimum absolute atomic E-state index is 0.110. The van der Waals surface area contributed by atoms with Crippen LogP contribution in [0, 0.1) is 0 Å². The lowest BCUT2D eigenvalue weighted by Gasteiger charge is -2.17. The molecule has 0 saturated heterocycles. The van der Waals surface area contributed by atoms with Gasteiger partial charge in [-0.25, -0.2) is 0 Å². The van der Waals surface area contributed by atoms with E-state index in [1.807, 2.05) is 23.0 Å². The van der Waals surface area contributed by atoms with Gasteiger partial charge < -0.3 is 0 Å². The fraction of sp³-hybridized carbons (Fsp3) is 0.357. The van der Waals surface area contributed by atoms with Crippen LogP contribution in [0.2, 0.25) is 0 Å². The van der Waals surface area contributed by atoms with Crippen LogP contribution in [0.3, 0.4) is 0 Å². The number of hydrazine groups is 1. The maximum atomic E-state index is 5.69. The summed E-state index contributed by atoms with van der Waals surface area (Å²) < 4.78 is 2.02. The van der Waals surface area contributed by atoms with Crippen molar-refractivity contribution in [1.82, 2.24) is 15.2 Å². The number of nitrogens with one attached hydrogen (secondary N) is 1. The van der Waals surface area contributed by atoms with E-state index in [2.05, 4.69) is 41.7 Å². The first-order chi connectivity index (χ1) is 9.35. The normalized spacial score (nSPS) is 12.5. The molecule has 0 aliphatic carbocycles. The van der Waals surface area contributed by atoms with Crippen LogP contribution in [0.25, 0.3) is 0 Å². The summed E-state index contributed by atoms with van der Waals surface area (Å²) in [5.74, 6) is 6.57. The molecule has 19 heavy (non-hydrogen) atoms. The Morgan fingerprint density at radius 2 is 2.11 bits per heavy atom. The zero-order valence-corrected chi connectivity index (χ0v) is 11.9. The third kappa shape index (κ3) is 3.83. The van der Waals surface area contributed by atoms with Crippen LogP contribution in [0.1, 0.15) is 25.1 Å². The zero-order chi connectivity index (χ0) is 13.5. The molecule has 0 fully saturated rings. The first kappa shape index (κ1) is 14.1. The Bertz CT molecular complexity index is 483. The van der Waals surface area contributed by atoms with Gasteiger partial charge in [-0.1, -0.05) is 25.1 Å². The molecule has 0 radical (unpaired) electrons. The van der Waals surface area contributed by atoms with Crippen molar-refractivity contribution in [2.75, 3.05) is 5.75 Å². The molecule has 0 aliphatic rings. The molecule has 3 N–H and O–H groups in total. The van der Waals surface area contributed by atoms with Gasteiger partial charge in [-0.15, -0.1) is 11.8 Å². The molecule has 4 nitrogen and oxygen atoms in total. The molecule has 102 valence electrons. The summed E-state index contributed by atoms with van der Waals surface area (Å²) in [4.78, 5) is 1.25. The maximum Gasteiger partial charge on any atom is 0.0722 e. The van der Waals surface area contributed by atoms with Crippen molar-refractivity contribution < 1.29 is 0 Å². The summed E-state index contributed by atoms with van der Waals surface area (Å²) in [6, 6.07) is 12.5. The second kappa shape index (κ2) is 7.33.